The smallest absolute Gasteiger partial charge is 0.240 e. The fraction of sp³-hybridized carbons (Fsp3) is 0.500. The molecule has 1 aromatic carbocycles. The largest absolute Gasteiger partial charge is 0.325 e. The highest BCUT2D eigenvalue weighted by atomic mass is 32.2. The van der Waals surface area contributed by atoms with Gasteiger partial charge in [-0.1, -0.05) is 32.4 Å². The number of nitrogens with two attached hydrogens (primary N) is 1. The Morgan fingerprint density at radius 2 is 2.00 bits per heavy atom. The van der Waals surface area contributed by atoms with Crippen molar-refractivity contribution in [3.8, 4) is 0 Å². The zero-order valence-corrected chi connectivity index (χ0v) is 12.5. The molecule has 0 aromatic heterocycles. The molecule has 0 heterocycles. The molecule has 1 unspecified atom stereocenters. The topological polar surface area (TPSA) is 89.3 Å². The average Bonchev–Trinajstić information content (AvgIpc) is 2.68. The van der Waals surface area contributed by atoms with E-state index in [4.69, 9.17) is 5.14 Å². The number of sulfonamides is 1. The molecule has 1 saturated carbocycles. The molecule has 110 valence electrons. The van der Waals surface area contributed by atoms with E-state index in [0.29, 0.717) is 0 Å². The number of para-hydroxylation sites is 1. The van der Waals surface area contributed by atoms with Crippen molar-refractivity contribution in [3.05, 3.63) is 24.3 Å². The molecule has 1 fully saturated rings. The van der Waals surface area contributed by atoms with Crippen LogP contribution in [0.1, 0.15) is 33.1 Å². The molecule has 1 amide bonds. The average molecular weight is 296 g/mol. The molecular formula is C14H20N2O3S. The summed E-state index contributed by atoms with van der Waals surface area (Å²) in [6.45, 7) is 4.13. The summed E-state index contributed by atoms with van der Waals surface area (Å²) in [5.74, 6) is -0.236. The maximum atomic E-state index is 12.4. The summed E-state index contributed by atoms with van der Waals surface area (Å²) in [6, 6.07) is 6.20. The molecule has 0 aliphatic heterocycles. The Labute approximate surface area is 119 Å². The lowest BCUT2D eigenvalue weighted by Crippen LogP contribution is -2.31. The molecule has 1 atom stereocenters. The van der Waals surface area contributed by atoms with Gasteiger partial charge in [0, 0.05) is 5.92 Å². The van der Waals surface area contributed by atoms with Crippen LogP contribution in [0.4, 0.5) is 5.69 Å². The van der Waals surface area contributed by atoms with E-state index in [1.54, 1.807) is 18.2 Å². The number of hydrogen-bond acceptors (Lipinski definition) is 3. The van der Waals surface area contributed by atoms with Gasteiger partial charge in [0.05, 0.1) is 5.69 Å². The lowest BCUT2D eigenvalue weighted by atomic mass is 9.81. The first kappa shape index (κ1) is 15.0. The van der Waals surface area contributed by atoms with Gasteiger partial charge in [-0.3, -0.25) is 4.79 Å². The van der Waals surface area contributed by atoms with Crippen LogP contribution in [0.15, 0.2) is 29.2 Å². The highest BCUT2D eigenvalue weighted by Gasteiger charge is 2.39. The Hall–Kier alpha value is -1.40. The third-order valence-electron chi connectivity index (χ3n) is 4.03. The van der Waals surface area contributed by atoms with E-state index in [1.807, 2.05) is 0 Å². The number of nitrogens with one attached hydrogen (secondary N) is 1. The maximum absolute atomic E-state index is 12.4. The molecule has 1 aliphatic rings. The second-order valence-electron chi connectivity index (χ2n) is 5.96. The van der Waals surface area contributed by atoms with Gasteiger partial charge in [-0.15, -0.1) is 0 Å². The highest BCUT2D eigenvalue weighted by Crippen LogP contribution is 2.43. The monoisotopic (exact) mass is 296 g/mol. The third-order valence-corrected chi connectivity index (χ3v) is 4.99. The molecule has 20 heavy (non-hydrogen) atoms. The third kappa shape index (κ3) is 3.02. The van der Waals surface area contributed by atoms with Gasteiger partial charge in [-0.2, -0.15) is 0 Å². The molecule has 1 aliphatic carbocycles. The van der Waals surface area contributed by atoms with Gasteiger partial charge in [0.15, 0.2) is 0 Å². The number of primary sulfonamides is 1. The molecule has 2 rings (SSSR count). The van der Waals surface area contributed by atoms with Crippen molar-refractivity contribution in [1.82, 2.24) is 0 Å². The first-order valence-corrected chi connectivity index (χ1v) is 8.19. The summed E-state index contributed by atoms with van der Waals surface area (Å²) >= 11 is 0. The van der Waals surface area contributed by atoms with Gasteiger partial charge in [0.2, 0.25) is 15.9 Å². The first-order valence-electron chi connectivity index (χ1n) is 6.64. The van der Waals surface area contributed by atoms with Gasteiger partial charge < -0.3 is 5.32 Å². The van der Waals surface area contributed by atoms with E-state index < -0.39 is 10.0 Å². The maximum Gasteiger partial charge on any atom is 0.240 e. The van der Waals surface area contributed by atoms with Gasteiger partial charge in [-0.05, 0) is 30.4 Å². The Morgan fingerprint density at radius 1 is 1.35 bits per heavy atom. The Balaban J connectivity index is 2.25. The molecular weight excluding hydrogens is 276 g/mol. The summed E-state index contributed by atoms with van der Waals surface area (Å²) in [7, 11) is -3.85. The number of benzene rings is 1. The van der Waals surface area contributed by atoms with E-state index in [9.17, 15) is 13.2 Å². The zero-order valence-electron chi connectivity index (χ0n) is 11.7. The van der Waals surface area contributed by atoms with Gasteiger partial charge >= 0.3 is 0 Å². The molecule has 5 nitrogen and oxygen atoms in total. The number of rotatable bonds is 3. The molecule has 0 radical (unpaired) electrons. The minimum atomic E-state index is -3.85. The zero-order chi connectivity index (χ0) is 15.0. The van der Waals surface area contributed by atoms with E-state index >= 15 is 0 Å². The van der Waals surface area contributed by atoms with Crippen LogP contribution < -0.4 is 10.5 Å². The fourth-order valence-electron chi connectivity index (χ4n) is 2.85. The summed E-state index contributed by atoms with van der Waals surface area (Å²) in [6.07, 6.45) is 2.85. The van der Waals surface area contributed by atoms with Gasteiger partial charge in [0.25, 0.3) is 0 Å². The predicted molar refractivity (Wildman–Crippen MR) is 77.6 cm³/mol. The number of hydrogen-bond donors (Lipinski definition) is 2. The highest BCUT2D eigenvalue weighted by molar-refractivity contribution is 7.89. The lowest BCUT2D eigenvalue weighted by Gasteiger charge is -2.26. The molecule has 3 N–H and O–H groups in total. The summed E-state index contributed by atoms with van der Waals surface area (Å²) in [5, 5.41) is 7.88. The van der Waals surface area contributed by atoms with E-state index in [-0.39, 0.29) is 27.8 Å². The number of carbonyl (C=O) groups excluding carboxylic acids is 1. The van der Waals surface area contributed by atoms with Crippen LogP contribution >= 0.6 is 0 Å². The Kier molecular flexibility index (Phi) is 3.88. The molecule has 6 heteroatoms. The summed E-state index contributed by atoms with van der Waals surface area (Å²) in [4.78, 5) is 12.3. The normalized spacial score (nSPS) is 21.6. The van der Waals surface area contributed by atoms with Crippen molar-refractivity contribution >= 4 is 21.6 Å². The van der Waals surface area contributed by atoms with Gasteiger partial charge in [0.1, 0.15) is 4.90 Å². The van der Waals surface area contributed by atoms with E-state index in [0.717, 1.165) is 19.3 Å². The van der Waals surface area contributed by atoms with E-state index in [2.05, 4.69) is 19.2 Å². The van der Waals surface area contributed by atoms with Crippen molar-refractivity contribution in [2.75, 3.05) is 5.32 Å². The molecule has 0 bridgehead atoms. The van der Waals surface area contributed by atoms with Crippen LogP contribution in [0, 0.1) is 11.3 Å². The summed E-state index contributed by atoms with van der Waals surface area (Å²) < 4.78 is 23.0. The van der Waals surface area contributed by atoms with Gasteiger partial charge in [-0.25, -0.2) is 13.6 Å². The first-order chi connectivity index (χ1) is 9.22. The van der Waals surface area contributed by atoms with Crippen LogP contribution in [0.5, 0.6) is 0 Å². The number of anilines is 1. The van der Waals surface area contributed by atoms with Crippen LogP contribution in [-0.4, -0.2) is 14.3 Å². The van der Waals surface area contributed by atoms with Crippen molar-refractivity contribution < 1.29 is 13.2 Å². The number of amides is 1. The molecule has 1 aromatic rings. The number of carbonyl (C=O) groups is 1. The quantitative estimate of drug-likeness (QED) is 0.895. The predicted octanol–water partition coefficient (Wildman–Crippen LogP) is 2.10. The van der Waals surface area contributed by atoms with Crippen LogP contribution in [0.2, 0.25) is 0 Å². The lowest BCUT2D eigenvalue weighted by molar-refractivity contribution is -0.122. The second-order valence-corrected chi connectivity index (χ2v) is 7.49. The Bertz CT molecular complexity index is 623. The molecule has 0 saturated heterocycles. The fourth-order valence-corrected chi connectivity index (χ4v) is 3.54. The Morgan fingerprint density at radius 3 is 2.55 bits per heavy atom. The second kappa shape index (κ2) is 5.18. The minimum absolute atomic E-state index is 0.0517. The minimum Gasteiger partial charge on any atom is -0.325 e. The SMILES string of the molecule is CC1(C)CCCC1C(=O)Nc1ccccc1S(N)(=O)=O. The standard InChI is InChI=1S/C14H20N2O3S/c1-14(2)9-5-6-10(14)13(17)16-11-7-3-4-8-12(11)20(15,18)19/h3-4,7-8,10H,5-6,9H2,1-2H3,(H,16,17)(H2,15,18,19). The van der Waals surface area contributed by atoms with Crippen LogP contribution in [0.25, 0.3) is 0 Å². The summed E-state index contributed by atoms with van der Waals surface area (Å²) in [5.41, 5.74) is 0.198. The van der Waals surface area contributed by atoms with Crippen LogP contribution in [0.3, 0.4) is 0 Å². The van der Waals surface area contributed by atoms with Crippen molar-refractivity contribution in [3.63, 3.8) is 0 Å². The van der Waals surface area contributed by atoms with Crippen molar-refractivity contribution in [1.29, 1.82) is 0 Å². The van der Waals surface area contributed by atoms with Crippen molar-refractivity contribution in [2.45, 2.75) is 38.0 Å². The molecule has 0 spiro atoms. The van der Waals surface area contributed by atoms with E-state index in [1.165, 1.54) is 6.07 Å². The van der Waals surface area contributed by atoms with Crippen molar-refractivity contribution in [2.24, 2.45) is 16.5 Å². The van der Waals surface area contributed by atoms with Crippen LogP contribution in [-0.2, 0) is 14.8 Å².